The van der Waals surface area contributed by atoms with Gasteiger partial charge < -0.3 is 10.1 Å². The summed E-state index contributed by atoms with van der Waals surface area (Å²) in [6.07, 6.45) is 2.80. The zero-order valence-electron chi connectivity index (χ0n) is 11.2. The summed E-state index contributed by atoms with van der Waals surface area (Å²) in [5.74, 6) is 0.924. The van der Waals surface area contributed by atoms with Crippen LogP contribution in [0.5, 0.6) is 5.75 Å². The fraction of sp³-hybridized carbons (Fsp3) is 0.267. The normalized spacial score (nSPS) is 10.3. The third-order valence-corrected chi connectivity index (χ3v) is 3.66. The highest BCUT2D eigenvalue weighted by atomic mass is 79.9. The highest BCUT2D eigenvalue weighted by Gasteiger charge is 2.05. The first kappa shape index (κ1) is 15.3. The molecule has 0 atom stereocenters. The van der Waals surface area contributed by atoms with Gasteiger partial charge in [-0.15, -0.1) is 0 Å². The Balaban J connectivity index is 2.07. The first-order chi connectivity index (χ1) is 9.69. The molecule has 5 heteroatoms. The maximum Gasteiger partial charge on any atom is 0.124 e. The van der Waals surface area contributed by atoms with Crippen molar-refractivity contribution < 1.29 is 4.74 Å². The van der Waals surface area contributed by atoms with Crippen molar-refractivity contribution >= 4 is 37.5 Å². The number of hydrogen-bond acceptors (Lipinski definition) is 3. The molecule has 0 aliphatic carbocycles. The average molecular weight is 400 g/mol. The Bertz CT molecular complexity index is 558. The SMILES string of the molecule is CCCOc1ccc(Br)cc1CNc1ccc(Br)nc1. The zero-order chi connectivity index (χ0) is 14.4. The van der Waals surface area contributed by atoms with Gasteiger partial charge in [0, 0.05) is 16.6 Å². The molecule has 2 aromatic rings. The topological polar surface area (TPSA) is 34.1 Å². The van der Waals surface area contributed by atoms with Crippen LogP contribution in [0.3, 0.4) is 0 Å². The molecule has 0 bridgehead atoms. The van der Waals surface area contributed by atoms with Crippen molar-refractivity contribution in [3.8, 4) is 5.75 Å². The van der Waals surface area contributed by atoms with Gasteiger partial charge in [0.1, 0.15) is 10.4 Å². The summed E-state index contributed by atoms with van der Waals surface area (Å²) in [5, 5.41) is 3.35. The molecular formula is C15H16Br2N2O. The lowest BCUT2D eigenvalue weighted by molar-refractivity contribution is 0.314. The predicted molar refractivity (Wildman–Crippen MR) is 89.2 cm³/mol. The van der Waals surface area contributed by atoms with Crippen LogP contribution in [0.1, 0.15) is 18.9 Å². The van der Waals surface area contributed by atoms with Gasteiger partial charge in [-0.25, -0.2) is 4.98 Å². The molecule has 106 valence electrons. The van der Waals surface area contributed by atoms with Crippen molar-refractivity contribution in [2.45, 2.75) is 19.9 Å². The van der Waals surface area contributed by atoms with E-state index in [1.54, 1.807) is 6.20 Å². The zero-order valence-corrected chi connectivity index (χ0v) is 14.4. The van der Waals surface area contributed by atoms with Crippen molar-refractivity contribution in [3.05, 3.63) is 51.2 Å². The molecule has 0 spiro atoms. The number of nitrogens with zero attached hydrogens (tertiary/aromatic N) is 1. The third kappa shape index (κ3) is 4.49. The lowest BCUT2D eigenvalue weighted by Gasteiger charge is -2.13. The maximum atomic E-state index is 5.76. The summed E-state index contributed by atoms with van der Waals surface area (Å²) in [6, 6.07) is 9.97. The van der Waals surface area contributed by atoms with Gasteiger partial charge in [0.2, 0.25) is 0 Å². The van der Waals surface area contributed by atoms with Crippen LogP contribution >= 0.6 is 31.9 Å². The first-order valence-corrected chi connectivity index (χ1v) is 8.04. The van der Waals surface area contributed by atoms with Gasteiger partial charge in [-0.3, -0.25) is 0 Å². The minimum absolute atomic E-state index is 0.696. The molecule has 0 saturated heterocycles. The van der Waals surface area contributed by atoms with Gasteiger partial charge >= 0.3 is 0 Å². The summed E-state index contributed by atoms with van der Waals surface area (Å²) in [6.45, 7) is 3.53. The van der Waals surface area contributed by atoms with E-state index in [2.05, 4.69) is 55.2 Å². The number of benzene rings is 1. The van der Waals surface area contributed by atoms with E-state index >= 15 is 0 Å². The molecule has 0 aliphatic rings. The van der Waals surface area contributed by atoms with Crippen molar-refractivity contribution in [2.75, 3.05) is 11.9 Å². The van der Waals surface area contributed by atoms with Crippen molar-refractivity contribution in [1.82, 2.24) is 4.98 Å². The molecule has 1 aromatic carbocycles. The maximum absolute atomic E-state index is 5.76. The molecule has 0 amide bonds. The van der Waals surface area contributed by atoms with Gasteiger partial charge in [-0.2, -0.15) is 0 Å². The lowest BCUT2D eigenvalue weighted by atomic mass is 10.2. The second-order valence-corrected chi connectivity index (χ2v) is 6.05. The summed E-state index contributed by atoms with van der Waals surface area (Å²) >= 11 is 6.82. The smallest absolute Gasteiger partial charge is 0.124 e. The Morgan fingerprint density at radius 3 is 2.75 bits per heavy atom. The highest BCUT2D eigenvalue weighted by molar-refractivity contribution is 9.10. The van der Waals surface area contributed by atoms with Crippen LogP contribution in [0.15, 0.2) is 45.6 Å². The van der Waals surface area contributed by atoms with Crippen LogP contribution in [-0.4, -0.2) is 11.6 Å². The van der Waals surface area contributed by atoms with Crippen LogP contribution in [-0.2, 0) is 6.54 Å². The Kier molecular flexibility index (Phi) is 5.86. The molecule has 1 heterocycles. The minimum atomic E-state index is 0.696. The molecule has 1 aromatic heterocycles. The van der Waals surface area contributed by atoms with E-state index in [1.807, 2.05) is 24.3 Å². The van der Waals surface area contributed by atoms with Crippen LogP contribution in [0.4, 0.5) is 5.69 Å². The Morgan fingerprint density at radius 2 is 2.05 bits per heavy atom. The van der Waals surface area contributed by atoms with Gasteiger partial charge in [-0.05, 0) is 52.7 Å². The second kappa shape index (κ2) is 7.64. The number of ether oxygens (including phenoxy) is 1. The van der Waals surface area contributed by atoms with Gasteiger partial charge in [-0.1, -0.05) is 22.9 Å². The lowest BCUT2D eigenvalue weighted by Crippen LogP contribution is -2.04. The van der Waals surface area contributed by atoms with Crippen molar-refractivity contribution in [2.24, 2.45) is 0 Å². The number of rotatable bonds is 6. The average Bonchev–Trinajstić information content (AvgIpc) is 2.46. The minimum Gasteiger partial charge on any atom is -0.493 e. The number of hydrogen-bond donors (Lipinski definition) is 1. The summed E-state index contributed by atoms with van der Waals surface area (Å²) in [4.78, 5) is 4.19. The number of anilines is 1. The monoisotopic (exact) mass is 398 g/mol. The standard InChI is InChI=1S/C15H16Br2N2O/c1-2-7-20-14-5-3-12(16)8-11(14)9-18-13-4-6-15(17)19-10-13/h3-6,8,10,18H,2,7,9H2,1H3. The van der Waals surface area contributed by atoms with Crippen LogP contribution in [0, 0.1) is 0 Å². The van der Waals surface area contributed by atoms with Gasteiger partial charge in [0.25, 0.3) is 0 Å². The molecule has 0 saturated carbocycles. The highest BCUT2D eigenvalue weighted by Crippen LogP contribution is 2.24. The van der Waals surface area contributed by atoms with Crippen LogP contribution in [0.25, 0.3) is 0 Å². The van der Waals surface area contributed by atoms with E-state index in [4.69, 9.17) is 4.74 Å². The molecule has 1 N–H and O–H groups in total. The first-order valence-electron chi connectivity index (χ1n) is 6.45. The van der Waals surface area contributed by atoms with E-state index in [0.29, 0.717) is 6.54 Å². The summed E-state index contributed by atoms with van der Waals surface area (Å²) in [5.41, 5.74) is 2.10. The van der Waals surface area contributed by atoms with Gasteiger partial charge in [0.05, 0.1) is 18.5 Å². The van der Waals surface area contributed by atoms with E-state index in [9.17, 15) is 0 Å². The molecule has 2 rings (SSSR count). The van der Waals surface area contributed by atoms with E-state index in [-0.39, 0.29) is 0 Å². The third-order valence-electron chi connectivity index (χ3n) is 2.69. The Labute approximate surface area is 136 Å². The number of nitrogens with one attached hydrogen (secondary N) is 1. The predicted octanol–water partition coefficient (Wildman–Crippen LogP) is 5.01. The molecular weight excluding hydrogens is 384 g/mol. The second-order valence-electron chi connectivity index (χ2n) is 4.32. The van der Waals surface area contributed by atoms with Crippen LogP contribution in [0.2, 0.25) is 0 Å². The molecule has 0 fully saturated rings. The van der Waals surface area contributed by atoms with Crippen LogP contribution < -0.4 is 10.1 Å². The van der Waals surface area contributed by atoms with E-state index in [1.165, 1.54) is 0 Å². The number of pyridine rings is 1. The Hall–Kier alpha value is -1.07. The fourth-order valence-electron chi connectivity index (χ4n) is 1.72. The largest absolute Gasteiger partial charge is 0.493 e. The van der Waals surface area contributed by atoms with Crippen molar-refractivity contribution in [3.63, 3.8) is 0 Å². The molecule has 3 nitrogen and oxygen atoms in total. The summed E-state index contributed by atoms with van der Waals surface area (Å²) < 4.78 is 7.64. The quantitative estimate of drug-likeness (QED) is 0.693. The molecule has 0 radical (unpaired) electrons. The Morgan fingerprint density at radius 1 is 1.20 bits per heavy atom. The fourth-order valence-corrected chi connectivity index (χ4v) is 2.36. The number of aromatic nitrogens is 1. The van der Waals surface area contributed by atoms with Crippen molar-refractivity contribution in [1.29, 1.82) is 0 Å². The van der Waals surface area contributed by atoms with E-state index < -0.39 is 0 Å². The molecule has 0 unspecified atom stereocenters. The molecule has 20 heavy (non-hydrogen) atoms. The summed E-state index contributed by atoms with van der Waals surface area (Å²) in [7, 11) is 0. The van der Waals surface area contributed by atoms with Gasteiger partial charge in [0.15, 0.2) is 0 Å². The number of halogens is 2. The molecule has 0 aliphatic heterocycles. The van der Waals surface area contributed by atoms with E-state index in [0.717, 1.165) is 39.1 Å².